The van der Waals surface area contributed by atoms with Crippen LogP contribution in [0.2, 0.25) is 0 Å². The molecule has 0 nitrogen and oxygen atoms in total. The van der Waals surface area contributed by atoms with E-state index in [0.29, 0.717) is 0 Å². The van der Waals surface area contributed by atoms with Crippen molar-refractivity contribution in [3.8, 4) is 12.3 Å². The van der Waals surface area contributed by atoms with E-state index in [2.05, 4.69) is 19.4 Å². The van der Waals surface area contributed by atoms with Crippen molar-refractivity contribution in [2.75, 3.05) is 0 Å². The zero-order valence-electron chi connectivity index (χ0n) is 9.30. The Hall–Kier alpha value is -1.48. The van der Waals surface area contributed by atoms with Crippen molar-refractivity contribution in [3.05, 3.63) is 47.5 Å². The number of benzene rings is 1. The summed E-state index contributed by atoms with van der Waals surface area (Å²) in [6.07, 6.45) is 6.31. The Bertz CT molecular complexity index is 326. The first-order valence-electron chi connectivity index (χ1n) is 4.78. The smallest absolute Gasteiger partial charge is 0.0271 e. The van der Waals surface area contributed by atoms with Crippen molar-refractivity contribution in [3.63, 3.8) is 0 Å². The number of allylic oxidation sites excluding steroid dienone is 1. The van der Waals surface area contributed by atoms with Gasteiger partial charge in [0.1, 0.15) is 0 Å². The minimum Gasteiger partial charge on any atom is -0.115 e. The molecule has 0 saturated heterocycles. The molecule has 0 aliphatic heterocycles. The Morgan fingerprint density at radius 1 is 1.43 bits per heavy atom. The predicted octanol–water partition coefficient (Wildman–Crippen LogP) is 3.95. The Labute approximate surface area is 87.7 Å². The van der Waals surface area contributed by atoms with E-state index >= 15 is 0 Å². The summed E-state index contributed by atoms with van der Waals surface area (Å²) in [5.41, 5.74) is 3.41. The number of aryl methyl sites for hydroxylation is 1. The normalized spacial score (nSPS) is 8.14. The average molecular weight is 186 g/mol. The lowest BCUT2D eigenvalue weighted by molar-refractivity contribution is 1.11. The lowest BCUT2D eigenvalue weighted by atomic mass is 10.1. The van der Waals surface area contributed by atoms with Crippen LogP contribution in [-0.2, 0) is 0 Å². The Morgan fingerprint density at radius 2 is 1.93 bits per heavy atom. The molecule has 0 spiro atoms. The summed E-state index contributed by atoms with van der Waals surface area (Å²) in [4.78, 5) is 0. The second-order valence-electron chi connectivity index (χ2n) is 3.27. The van der Waals surface area contributed by atoms with E-state index in [9.17, 15) is 0 Å². The highest BCUT2D eigenvalue weighted by atomic mass is 13.9. The van der Waals surface area contributed by atoms with E-state index in [-0.39, 0.29) is 0 Å². The molecule has 0 saturated carbocycles. The molecule has 0 aliphatic rings. The fourth-order valence-electron chi connectivity index (χ4n) is 0.735. The van der Waals surface area contributed by atoms with Gasteiger partial charge < -0.3 is 0 Å². The van der Waals surface area contributed by atoms with Gasteiger partial charge in [0.05, 0.1) is 0 Å². The van der Waals surface area contributed by atoms with Crippen LogP contribution < -0.4 is 0 Å². The lowest BCUT2D eigenvalue weighted by Crippen LogP contribution is -1.77. The van der Waals surface area contributed by atoms with Gasteiger partial charge in [0.15, 0.2) is 0 Å². The Morgan fingerprint density at radius 3 is 2.21 bits per heavy atom. The molecule has 0 heteroatoms. The largest absolute Gasteiger partial charge is 0.115 e. The van der Waals surface area contributed by atoms with Gasteiger partial charge in [-0.3, -0.25) is 0 Å². The number of terminal acetylenes is 1. The van der Waals surface area contributed by atoms with Crippen LogP contribution in [0.15, 0.2) is 36.4 Å². The molecule has 0 radical (unpaired) electrons. The first kappa shape index (κ1) is 12.5. The fraction of sp³-hybridized carbons (Fsp3) is 0.286. The van der Waals surface area contributed by atoms with E-state index in [4.69, 9.17) is 6.42 Å². The summed E-state index contributed by atoms with van der Waals surface area (Å²) in [6.45, 7) is 9.81. The van der Waals surface area contributed by atoms with Gasteiger partial charge in [0.2, 0.25) is 0 Å². The molecule has 0 bridgehead atoms. The molecule has 0 heterocycles. The molecule has 1 aromatic rings. The zero-order chi connectivity index (χ0) is 11.0. The molecule has 0 fully saturated rings. The minimum atomic E-state index is 0.984. The van der Waals surface area contributed by atoms with Gasteiger partial charge in [0, 0.05) is 5.56 Å². The van der Waals surface area contributed by atoms with Crippen molar-refractivity contribution < 1.29 is 0 Å². The van der Waals surface area contributed by atoms with E-state index in [1.54, 1.807) is 0 Å². The van der Waals surface area contributed by atoms with Crippen molar-refractivity contribution in [2.24, 2.45) is 0 Å². The van der Waals surface area contributed by atoms with Crippen molar-refractivity contribution in [2.45, 2.75) is 27.2 Å². The highest BCUT2D eigenvalue weighted by molar-refractivity contribution is 5.38. The lowest BCUT2D eigenvalue weighted by Gasteiger charge is -1.92. The van der Waals surface area contributed by atoms with Crippen LogP contribution in [0.25, 0.3) is 0 Å². The maximum absolute atomic E-state index is 5.20. The molecular formula is C14H18. The zero-order valence-corrected chi connectivity index (χ0v) is 9.30. The minimum absolute atomic E-state index is 0.984. The third kappa shape index (κ3) is 5.22. The summed E-state index contributed by atoms with van der Waals surface area (Å²) in [5, 5.41) is 0. The van der Waals surface area contributed by atoms with Crippen LogP contribution in [0.3, 0.4) is 0 Å². The van der Waals surface area contributed by atoms with Crippen LogP contribution in [0.1, 0.15) is 31.4 Å². The standard InChI is InChI=1S/C9H8.C5H10/c1-3-9-7-5-4-6-8(9)2;1-4-5(2)3/h1,4-7H,2H3;2,4H2,1,3H3. The molecule has 0 amide bonds. The molecule has 0 unspecified atom stereocenters. The van der Waals surface area contributed by atoms with Crippen LogP contribution >= 0.6 is 0 Å². The third-order valence-electron chi connectivity index (χ3n) is 1.90. The summed E-state index contributed by atoms with van der Waals surface area (Å²) >= 11 is 0. The van der Waals surface area contributed by atoms with Crippen molar-refractivity contribution in [1.29, 1.82) is 0 Å². The maximum Gasteiger partial charge on any atom is 0.0271 e. The molecule has 0 aromatic heterocycles. The molecule has 1 aromatic carbocycles. The Kier molecular flexibility index (Phi) is 6.24. The molecule has 0 N–H and O–H groups in total. The van der Waals surface area contributed by atoms with Crippen molar-refractivity contribution in [1.82, 2.24) is 0 Å². The van der Waals surface area contributed by atoms with Gasteiger partial charge in [-0.1, -0.05) is 36.6 Å². The molecule has 14 heavy (non-hydrogen) atoms. The maximum atomic E-state index is 5.20. The fourth-order valence-corrected chi connectivity index (χ4v) is 0.735. The second kappa shape index (κ2) is 6.97. The van der Waals surface area contributed by atoms with Crippen LogP contribution in [-0.4, -0.2) is 0 Å². The summed E-state index contributed by atoms with van der Waals surface area (Å²) in [6, 6.07) is 7.88. The molecule has 0 atom stereocenters. The van der Waals surface area contributed by atoms with Gasteiger partial charge in [-0.15, -0.1) is 13.0 Å². The summed E-state index contributed by atoms with van der Waals surface area (Å²) < 4.78 is 0. The van der Waals surface area contributed by atoms with E-state index < -0.39 is 0 Å². The highest BCUT2D eigenvalue weighted by Crippen LogP contribution is 2.03. The van der Waals surface area contributed by atoms with Crippen LogP contribution in [0.4, 0.5) is 0 Å². The van der Waals surface area contributed by atoms with Gasteiger partial charge in [-0.05, 0) is 31.9 Å². The first-order valence-corrected chi connectivity index (χ1v) is 4.78. The average Bonchev–Trinajstić information content (AvgIpc) is 2.19. The summed E-state index contributed by atoms with van der Waals surface area (Å²) in [5.74, 6) is 2.60. The van der Waals surface area contributed by atoms with Crippen LogP contribution in [0, 0.1) is 19.3 Å². The van der Waals surface area contributed by atoms with E-state index in [1.807, 2.05) is 38.1 Å². The monoisotopic (exact) mass is 186 g/mol. The van der Waals surface area contributed by atoms with E-state index in [0.717, 1.165) is 12.0 Å². The second-order valence-corrected chi connectivity index (χ2v) is 3.27. The third-order valence-corrected chi connectivity index (χ3v) is 1.90. The van der Waals surface area contributed by atoms with Gasteiger partial charge >= 0.3 is 0 Å². The van der Waals surface area contributed by atoms with Gasteiger partial charge in [0.25, 0.3) is 0 Å². The molecule has 74 valence electrons. The molecule has 0 aliphatic carbocycles. The topological polar surface area (TPSA) is 0 Å². The van der Waals surface area contributed by atoms with Gasteiger partial charge in [-0.25, -0.2) is 0 Å². The Balaban J connectivity index is 0.000000292. The summed E-state index contributed by atoms with van der Waals surface area (Å²) in [7, 11) is 0. The highest BCUT2D eigenvalue weighted by Gasteiger charge is 1.87. The first-order chi connectivity index (χ1) is 6.61. The number of hydrogen-bond acceptors (Lipinski definition) is 0. The molecular weight excluding hydrogens is 168 g/mol. The predicted molar refractivity (Wildman–Crippen MR) is 64.2 cm³/mol. The number of rotatable bonds is 1. The molecule has 1 rings (SSSR count). The van der Waals surface area contributed by atoms with Gasteiger partial charge in [-0.2, -0.15) is 0 Å². The van der Waals surface area contributed by atoms with E-state index in [1.165, 1.54) is 11.1 Å². The quantitative estimate of drug-likeness (QED) is 0.460. The number of hydrogen-bond donors (Lipinski definition) is 0. The van der Waals surface area contributed by atoms with Crippen molar-refractivity contribution >= 4 is 0 Å². The SMILES string of the molecule is C#Cc1ccccc1C.C=C(C)CC. The van der Waals surface area contributed by atoms with Crippen LogP contribution in [0.5, 0.6) is 0 Å².